The first-order valence-electron chi connectivity index (χ1n) is 5.50. The first-order chi connectivity index (χ1) is 8.47. The van der Waals surface area contributed by atoms with Gasteiger partial charge in [0.25, 0.3) is 0 Å². The molecule has 2 aromatic rings. The van der Waals surface area contributed by atoms with Crippen LogP contribution < -0.4 is 0 Å². The maximum absolute atomic E-state index is 10.7. The average Bonchev–Trinajstić information content (AvgIpc) is 2.58. The molecule has 2 rings (SSSR count). The van der Waals surface area contributed by atoms with Crippen LogP contribution >= 0.6 is 15.9 Å². The van der Waals surface area contributed by atoms with E-state index in [1.807, 2.05) is 36.6 Å². The highest BCUT2D eigenvalue weighted by atomic mass is 79.9. The van der Waals surface area contributed by atoms with E-state index >= 15 is 0 Å². The molecule has 0 saturated carbocycles. The normalized spacial score (nSPS) is 10.6. The number of aryl methyl sites for hydroxylation is 2. The van der Waals surface area contributed by atoms with Gasteiger partial charge in [0.15, 0.2) is 0 Å². The molecule has 0 bridgehead atoms. The minimum atomic E-state index is -0.868. The summed E-state index contributed by atoms with van der Waals surface area (Å²) < 4.78 is 2.94. The largest absolute Gasteiger partial charge is 0.481 e. The lowest BCUT2D eigenvalue weighted by Gasteiger charge is -2.08. The molecule has 0 radical (unpaired) electrons. The van der Waals surface area contributed by atoms with Gasteiger partial charge in [-0.1, -0.05) is 15.9 Å². The van der Waals surface area contributed by atoms with Gasteiger partial charge < -0.3 is 9.67 Å². The second kappa shape index (κ2) is 4.94. The number of hydrogen-bond donors (Lipinski definition) is 1. The zero-order valence-electron chi connectivity index (χ0n) is 10.1. The van der Waals surface area contributed by atoms with Gasteiger partial charge in [0.1, 0.15) is 5.82 Å². The van der Waals surface area contributed by atoms with E-state index in [1.54, 1.807) is 6.20 Å². The SMILES string of the molecule is Cc1cc(Br)ccc1-n1cc(CC(=O)O)nc1C. The molecule has 18 heavy (non-hydrogen) atoms. The van der Waals surface area contributed by atoms with Gasteiger partial charge in [0.05, 0.1) is 12.1 Å². The van der Waals surface area contributed by atoms with E-state index in [2.05, 4.69) is 20.9 Å². The lowest BCUT2D eigenvalue weighted by molar-refractivity contribution is -0.136. The molecule has 1 aromatic heterocycles. The molecule has 94 valence electrons. The highest BCUT2D eigenvalue weighted by molar-refractivity contribution is 9.10. The Morgan fingerprint density at radius 3 is 2.78 bits per heavy atom. The lowest BCUT2D eigenvalue weighted by Crippen LogP contribution is -2.00. The summed E-state index contributed by atoms with van der Waals surface area (Å²) in [5, 5.41) is 8.77. The molecule has 4 nitrogen and oxygen atoms in total. The van der Waals surface area contributed by atoms with Gasteiger partial charge in [-0.15, -0.1) is 0 Å². The van der Waals surface area contributed by atoms with Gasteiger partial charge in [-0.05, 0) is 37.6 Å². The summed E-state index contributed by atoms with van der Waals surface area (Å²) in [7, 11) is 0. The predicted octanol–water partition coefficient (Wildman–Crippen LogP) is 2.88. The van der Waals surface area contributed by atoms with Gasteiger partial charge in [-0.2, -0.15) is 0 Å². The number of carboxylic acids is 1. The zero-order valence-corrected chi connectivity index (χ0v) is 11.7. The van der Waals surface area contributed by atoms with Crippen LogP contribution in [0.4, 0.5) is 0 Å². The Balaban J connectivity index is 2.44. The minimum Gasteiger partial charge on any atom is -0.481 e. The molecule has 0 amide bonds. The standard InChI is InChI=1S/C13H13BrN2O2/c1-8-5-10(14)3-4-12(8)16-7-11(6-13(17)18)15-9(16)2/h3-5,7H,6H2,1-2H3,(H,17,18). The quantitative estimate of drug-likeness (QED) is 0.948. The molecule has 5 heteroatoms. The molecule has 1 heterocycles. The number of halogens is 1. The first kappa shape index (κ1) is 12.8. The van der Waals surface area contributed by atoms with Crippen molar-refractivity contribution in [2.45, 2.75) is 20.3 Å². The van der Waals surface area contributed by atoms with Crippen molar-refractivity contribution in [2.24, 2.45) is 0 Å². The van der Waals surface area contributed by atoms with Crippen LogP contribution in [0.25, 0.3) is 5.69 Å². The Labute approximate surface area is 113 Å². The third-order valence-electron chi connectivity index (χ3n) is 2.68. The van der Waals surface area contributed by atoms with Crippen molar-refractivity contribution < 1.29 is 9.90 Å². The van der Waals surface area contributed by atoms with Gasteiger partial charge in [0, 0.05) is 16.4 Å². The number of carboxylic acid groups (broad SMARTS) is 1. The summed E-state index contributed by atoms with van der Waals surface area (Å²) in [6, 6.07) is 5.96. The Morgan fingerprint density at radius 1 is 1.44 bits per heavy atom. The molecule has 0 spiro atoms. The van der Waals surface area contributed by atoms with Gasteiger partial charge in [-0.25, -0.2) is 4.98 Å². The Kier molecular flexibility index (Phi) is 3.52. The van der Waals surface area contributed by atoms with Crippen LogP contribution in [0.2, 0.25) is 0 Å². The van der Waals surface area contributed by atoms with Crippen molar-refractivity contribution in [3.8, 4) is 5.69 Å². The molecule has 0 aliphatic heterocycles. The average molecular weight is 309 g/mol. The number of aromatic nitrogens is 2. The van der Waals surface area contributed by atoms with E-state index in [0.29, 0.717) is 5.69 Å². The fraction of sp³-hybridized carbons (Fsp3) is 0.231. The van der Waals surface area contributed by atoms with Crippen LogP contribution in [0.15, 0.2) is 28.9 Å². The van der Waals surface area contributed by atoms with E-state index in [9.17, 15) is 4.79 Å². The molecular weight excluding hydrogens is 296 g/mol. The van der Waals surface area contributed by atoms with Crippen LogP contribution in [0.1, 0.15) is 17.1 Å². The van der Waals surface area contributed by atoms with Crippen molar-refractivity contribution >= 4 is 21.9 Å². The van der Waals surface area contributed by atoms with E-state index < -0.39 is 5.97 Å². The highest BCUT2D eigenvalue weighted by Crippen LogP contribution is 2.21. The van der Waals surface area contributed by atoms with E-state index in [-0.39, 0.29) is 6.42 Å². The molecule has 0 aliphatic rings. The lowest BCUT2D eigenvalue weighted by atomic mass is 10.2. The number of carbonyl (C=O) groups is 1. The zero-order chi connectivity index (χ0) is 13.3. The molecule has 0 saturated heterocycles. The van der Waals surface area contributed by atoms with Crippen LogP contribution in [0.5, 0.6) is 0 Å². The van der Waals surface area contributed by atoms with Crippen LogP contribution in [-0.2, 0) is 11.2 Å². The fourth-order valence-corrected chi connectivity index (χ4v) is 2.38. The molecule has 1 aromatic carbocycles. The smallest absolute Gasteiger partial charge is 0.309 e. The number of rotatable bonds is 3. The maximum Gasteiger partial charge on any atom is 0.309 e. The second-order valence-electron chi connectivity index (χ2n) is 4.15. The van der Waals surface area contributed by atoms with Crippen molar-refractivity contribution in [3.05, 3.63) is 46.0 Å². The summed E-state index contributed by atoms with van der Waals surface area (Å²) in [5.41, 5.74) is 2.69. The van der Waals surface area contributed by atoms with Gasteiger partial charge in [0.2, 0.25) is 0 Å². The van der Waals surface area contributed by atoms with Gasteiger partial charge >= 0.3 is 5.97 Å². The maximum atomic E-state index is 10.7. The monoisotopic (exact) mass is 308 g/mol. The second-order valence-corrected chi connectivity index (χ2v) is 5.07. The Hall–Kier alpha value is -1.62. The summed E-state index contributed by atoms with van der Waals surface area (Å²) in [5.74, 6) is -0.0798. The van der Waals surface area contributed by atoms with Crippen LogP contribution in [-0.4, -0.2) is 20.6 Å². The molecule has 0 atom stereocenters. The number of hydrogen-bond acceptors (Lipinski definition) is 2. The van der Waals surface area contributed by atoms with E-state index in [0.717, 1.165) is 21.5 Å². The van der Waals surface area contributed by atoms with E-state index in [1.165, 1.54) is 0 Å². The number of aliphatic carboxylic acids is 1. The number of benzene rings is 1. The molecule has 0 fully saturated rings. The summed E-state index contributed by atoms with van der Waals surface area (Å²) in [6.45, 7) is 3.88. The number of imidazole rings is 1. The molecule has 1 N–H and O–H groups in total. The first-order valence-corrected chi connectivity index (χ1v) is 6.30. The summed E-state index contributed by atoms with van der Waals surface area (Å²) in [6.07, 6.45) is 1.73. The third kappa shape index (κ3) is 2.61. The Bertz CT molecular complexity index is 605. The minimum absolute atomic E-state index is 0.0522. The van der Waals surface area contributed by atoms with Crippen LogP contribution in [0, 0.1) is 13.8 Å². The fourth-order valence-electron chi connectivity index (χ4n) is 1.91. The van der Waals surface area contributed by atoms with Crippen molar-refractivity contribution in [1.82, 2.24) is 9.55 Å². The summed E-state index contributed by atoms with van der Waals surface area (Å²) >= 11 is 3.42. The van der Waals surface area contributed by atoms with Crippen molar-refractivity contribution in [1.29, 1.82) is 0 Å². The molecule has 0 unspecified atom stereocenters. The number of nitrogens with zero attached hydrogens (tertiary/aromatic N) is 2. The molecular formula is C13H13BrN2O2. The van der Waals surface area contributed by atoms with Crippen molar-refractivity contribution in [3.63, 3.8) is 0 Å². The topological polar surface area (TPSA) is 55.1 Å². The Morgan fingerprint density at radius 2 is 2.17 bits per heavy atom. The van der Waals surface area contributed by atoms with Crippen LogP contribution in [0.3, 0.4) is 0 Å². The predicted molar refractivity (Wildman–Crippen MR) is 72.1 cm³/mol. The summed E-state index contributed by atoms with van der Waals surface area (Å²) in [4.78, 5) is 14.9. The van der Waals surface area contributed by atoms with Crippen molar-refractivity contribution in [2.75, 3.05) is 0 Å². The molecule has 0 aliphatic carbocycles. The van der Waals surface area contributed by atoms with E-state index in [4.69, 9.17) is 5.11 Å². The van der Waals surface area contributed by atoms with Gasteiger partial charge in [-0.3, -0.25) is 4.79 Å². The third-order valence-corrected chi connectivity index (χ3v) is 3.18. The highest BCUT2D eigenvalue weighted by Gasteiger charge is 2.10.